The maximum Gasteiger partial charge on any atom is 0.109 e. The van der Waals surface area contributed by atoms with Crippen molar-refractivity contribution in [1.82, 2.24) is 4.98 Å². The number of rotatable bonds is 3. The number of allylic oxidation sites excluding steroid dienone is 1. The molecular weight excluding hydrogens is 248 g/mol. The van der Waals surface area contributed by atoms with Gasteiger partial charge in [-0.25, -0.2) is 0 Å². The van der Waals surface area contributed by atoms with Crippen LogP contribution < -0.4 is 0 Å². The maximum atomic E-state index is 9.15. The third kappa shape index (κ3) is 2.34. The van der Waals surface area contributed by atoms with Gasteiger partial charge >= 0.3 is 0 Å². The van der Waals surface area contributed by atoms with Gasteiger partial charge in [-0.15, -0.1) is 0 Å². The Hall–Kier alpha value is -2.81. The van der Waals surface area contributed by atoms with Crippen molar-refractivity contribution in [2.45, 2.75) is 0 Å². The van der Waals surface area contributed by atoms with Crippen molar-refractivity contribution in [3.63, 3.8) is 0 Å². The lowest BCUT2D eigenvalue weighted by molar-refractivity contribution is 0.320. The van der Waals surface area contributed by atoms with Crippen molar-refractivity contribution < 1.29 is 5.21 Å². The third-order valence-electron chi connectivity index (χ3n) is 3.22. The molecular formula is C17H14N2O. The number of oxime groups is 1. The number of aromatic nitrogens is 1. The number of H-pyrrole nitrogens is 1. The highest BCUT2D eigenvalue weighted by Crippen LogP contribution is 2.19. The average molecular weight is 262 g/mol. The van der Waals surface area contributed by atoms with Gasteiger partial charge in [-0.05, 0) is 17.7 Å². The molecule has 0 saturated heterocycles. The molecule has 1 aromatic heterocycles. The Labute approximate surface area is 116 Å². The predicted molar refractivity (Wildman–Crippen MR) is 82.1 cm³/mol. The number of nitrogens with zero attached hydrogens (tertiary/aromatic N) is 1. The molecule has 2 N–H and O–H groups in total. The van der Waals surface area contributed by atoms with Gasteiger partial charge in [0, 0.05) is 22.7 Å². The van der Waals surface area contributed by atoms with Crippen molar-refractivity contribution in [1.29, 1.82) is 0 Å². The van der Waals surface area contributed by atoms with Crippen LogP contribution in [0.3, 0.4) is 0 Å². The molecule has 1 heterocycles. The molecule has 20 heavy (non-hydrogen) atoms. The Kier molecular flexibility index (Phi) is 3.33. The molecule has 3 aromatic rings. The van der Waals surface area contributed by atoms with E-state index >= 15 is 0 Å². The number of aromatic amines is 1. The minimum absolute atomic E-state index is 0.538. The topological polar surface area (TPSA) is 48.4 Å². The molecule has 0 amide bonds. The summed E-state index contributed by atoms with van der Waals surface area (Å²) in [6, 6.07) is 17.7. The largest absolute Gasteiger partial charge is 0.410 e. The molecule has 0 aliphatic heterocycles. The van der Waals surface area contributed by atoms with Crippen molar-refractivity contribution in [3.05, 3.63) is 78.0 Å². The zero-order valence-electron chi connectivity index (χ0n) is 10.8. The number of para-hydroxylation sites is 1. The van der Waals surface area contributed by atoms with Crippen molar-refractivity contribution in [2.24, 2.45) is 5.16 Å². The first-order valence-electron chi connectivity index (χ1n) is 6.40. The van der Waals surface area contributed by atoms with Gasteiger partial charge in [-0.3, -0.25) is 0 Å². The summed E-state index contributed by atoms with van der Waals surface area (Å²) < 4.78 is 0. The van der Waals surface area contributed by atoms with Gasteiger partial charge in [0.25, 0.3) is 0 Å². The van der Waals surface area contributed by atoms with Gasteiger partial charge in [0.15, 0.2) is 0 Å². The first-order valence-corrected chi connectivity index (χ1v) is 6.40. The zero-order valence-corrected chi connectivity index (χ0v) is 10.8. The highest BCUT2D eigenvalue weighted by molar-refractivity contribution is 6.11. The molecule has 3 rings (SSSR count). The Morgan fingerprint density at radius 1 is 1.00 bits per heavy atom. The molecule has 0 aliphatic rings. The standard InChI is InChI=1S/C17H14N2O/c20-19-16(13-6-2-1-3-7-13)11-10-14-12-18-17-9-5-4-8-15(14)17/h1-12,18,20H/b11-10+,19-16-. The van der Waals surface area contributed by atoms with Crippen molar-refractivity contribution >= 4 is 22.7 Å². The number of fused-ring (bicyclic) bond motifs is 1. The summed E-state index contributed by atoms with van der Waals surface area (Å²) in [5, 5.41) is 13.7. The van der Waals surface area contributed by atoms with Crippen LogP contribution in [0.4, 0.5) is 0 Å². The van der Waals surface area contributed by atoms with Gasteiger partial charge in [-0.1, -0.05) is 59.8 Å². The fraction of sp³-hybridized carbons (Fsp3) is 0. The second-order valence-electron chi connectivity index (χ2n) is 4.47. The monoisotopic (exact) mass is 262 g/mol. The van der Waals surface area contributed by atoms with Gasteiger partial charge < -0.3 is 10.2 Å². The van der Waals surface area contributed by atoms with Crippen LogP contribution in [-0.2, 0) is 0 Å². The normalized spacial score (nSPS) is 12.3. The molecule has 0 atom stereocenters. The second kappa shape index (κ2) is 5.45. The highest BCUT2D eigenvalue weighted by atomic mass is 16.4. The van der Waals surface area contributed by atoms with Crippen LogP contribution >= 0.6 is 0 Å². The van der Waals surface area contributed by atoms with E-state index in [4.69, 9.17) is 5.21 Å². The minimum Gasteiger partial charge on any atom is -0.410 e. The molecule has 0 radical (unpaired) electrons. The highest BCUT2D eigenvalue weighted by Gasteiger charge is 2.02. The van der Waals surface area contributed by atoms with Gasteiger partial charge in [0.2, 0.25) is 0 Å². The SMILES string of the molecule is O/N=C(/C=C/c1c[nH]c2ccccc12)c1ccccc1. The van der Waals surface area contributed by atoms with E-state index in [1.54, 1.807) is 0 Å². The Balaban J connectivity index is 1.94. The van der Waals surface area contributed by atoms with Crippen LogP contribution in [0.25, 0.3) is 17.0 Å². The number of benzene rings is 2. The fourth-order valence-corrected chi connectivity index (χ4v) is 2.20. The number of hydrogen-bond donors (Lipinski definition) is 2. The van der Waals surface area contributed by atoms with Crippen LogP contribution in [0.5, 0.6) is 0 Å². The van der Waals surface area contributed by atoms with Crippen molar-refractivity contribution in [2.75, 3.05) is 0 Å². The minimum atomic E-state index is 0.538. The lowest BCUT2D eigenvalue weighted by Crippen LogP contribution is -1.95. The summed E-state index contributed by atoms with van der Waals surface area (Å²) in [4.78, 5) is 3.22. The molecule has 0 fully saturated rings. The summed E-state index contributed by atoms with van der Waals surface area (Å²) in [6.45, 7) is 0. The van der Waals surface area contributed by atoms with E-state index in [0.717, 1.165) is 22.0 Å². The van der Waals surface area contributed by atoms with E-state index in [9.17, 15) is 0 Å². The van der Waals surface area contributed by atoms with E-state index in [0.29, 0.717) is 5.71 Å². The third-order valence-corrected chi connectivity index (χ3v) is 3.22. The molecule has 0 bridgehead atoms. The predicted octanol–water partition coefficient (Wildman–Crippen LogP) is 4.06. The molecule has 3 heteroatoms. The Morgan fingerprint density at radius 3 is 2.55 bits per heavy atom. The summed E-state index contributed by atoms with van der Waals surface area (Å²) in [7, 11) is 0. The molecule has 0 spiro atoms. The van der Waals surface area contributed by atoms with E-state index < -0.39 is 0 Å². The first kappa shape index (κ1) is 12.2. The molecule has 98 valence electrons. The maximum absolute atomic E-state index is 9.15. The summed E-state index contributed by atoms with van der Waals surface area (Å²) in [5.41, 5.74) is 3.58. The fourth-order valence-electron chi connectivity index (χ4n) is 2.20. The zero-order chi connectivity index (χ0) is 13.8. The van der Waals surface area contributed by atoms with E-state index in [-0.39, 0.29) is 0 Å². The Bertz CT molecular complexity index is 770. The lowest BCUT2D eigenvalue weighted by Gasteiger charge is -1.98. The molecule has 0 unspecified atom stereocenters. The molecule has 3 nitrogen and oxygen atoms in total. The summed E-state index contributed by atoms with van der Waals surface area (Å²) >= 11 is 0. The van der Waals surface area contributed by atoms with Crippen LogP contribution in [0.15, 0.2) is 72.0 Å². The number of nitrogens with one attached hydrogen (secondary N) is 1. The molecule has 0 saturated carbocycles. The molecule has 2 aromatic carbocycles. The number of hydrogen-bond acceptors (Lipinski definition) is 2. The second-order valence-corrected chi connectivity index (χ2v) is 4.47. The van der Waals surface area contributed by atoms with Crippen LogP contribution in [0, 0.1) is 0 Å². The van der Waals surface area contributed by atoms with Crippen LogP contribution in [0.2, 0.25) is 0 Å². The Morgan fingerprint density at radius 2 is 1.75 bits per heavy atom. The first-order chi connectivity index (χ1) is 9.88. The summed E-state index contributed by atoms with van der Waals surface area (Å²) in [6.07, 6.45) is 5.70. The lowest BCUT2D eigenvalue weighted by atomic mass is 10.1. The average Bonchev–Trinajstić information content (AvgIpc) is 2.92. The van der Waals surface area contributed by atoms with E-state index in [1.165, 1.54) is 0 Å². The van der Waals surface area contributed by atoms with E-state index in [2.05, 4.69) is 16.2 Å². The van der Waals surface area contributed by atoms with E-state index in [1.807, 2.05) is 66.9 Å². The van der Waals surface area contributed by atoms with Crippen LogP contribution in [0.1, 0.15) is 11.1 Å². The van der Waals surface area contributed by atoms with Crippen LogP contribution in [-0.4, -0.2) is 15.9 Å². The molecule has 0 aliphatic carbocycles. The smallest absolute Gasteiger partial charge is 0.109 e. The van der Waals surface area contributed by atoms with Gasteiger partial charge in [0.1, 0.15) is 5.71 Å². The van der Waals surface area contributed by atoms with Gasteiger partial charge in [-0.2, -0.15) is 0 Å². The summed E-state index contributed by atoms with van der Waals surface area (Å²) in [5.74, 6) is 0. The van der Waals surface area contributed by atoms with Crippen molar-refractivity contribution in [3.8, 4) is 0 Å². The quantitative estimate of drug-likeness (QED) is 0.417. The van der Waals surface area contributed by atoms with Gasteiger partial charge in [0.05, 0.1) is 0 Å².